The Bertz CT molecular complexity index is 1720. The van der Waals surface area contributed by atoms with Crippen LogP contribution in [-0.2, 0) is 32.6 Å². The molecule has 0 aliphatic heterocycles. The number of aryl methyl sites for hydroxylation is 1. The van der Waals surface area contributed by atoms with Gasteiger partial charge in [-0.3, -0.25) is 13.9 Å². The van der Waals surface area contributed by atoms with Gasteiger partial charge in [0.25, 0.3) is 10.0 Å². The number of likely N-dealkylation sites (N-methyl/N-ethyl adjacent to an activating group) is 1. The Hall–Kier alpha value is -3.56. The van der Waals surface area contributed by atoms with E-state index in [9.17, 15) is 18.0 Å². The Kier molecular flexibility index (Phi) is 11.3. The minimum Gasteiger partial charge on any atom is -0.355 e. The van der Waals surface area contributed by atoms with Gasteiger partial charge >= 0.3 is 0 Å². The van der Waals surface area contributed by atoms with Crippen molar-refractivity contribution in [2.45, 2.75) is 37.8 Å². The molecule has 0 aliphatic rings. The van der Waals surface area contributed by atoms with Crippen molar-refractivity contribution in [1.29, 1.82) is 0 Å². The summed E-state index contributed by atoms with van der Waals surface area (Å²) >= 11 is 19.1. The fourth-order valence-electron chi connectivity index (χ4n) is 4.71. The van der Waals surface area contributed by atoms with Crippen LogP contribution in [0.15, 0.2) is 102 Å². The smallest absolute Gasteiger partial charge is 0.264 e. The number of hydrogen-bond acceptors (Lipinski definition) is 4. The number of hydrogen-bond donors (Lipinski definition) is 1. The summed E-state index contributed by atoms with van der Waals surface area (Å²) in [6.45, 7) is 3.32. The van der Waals surface area contributed by atoms with Gasteiger partial charge in [0.15, 0.2) is 0 Å². The standard InChI is InChI=1S/C33H32Cl3N3O4S/c1-3-37-33(41)30(20-24-9-5-4-6-10-24)38(21-25-11-7-12-26(34)19-25)31(40)22-39(29-14-8-13-28(35)32(29)36)44(42,43)27-17-15-23(2)16-18-27/h4-19,30H,3,20-22H2,1-2H3,(H,37,41)/t30-/m1/s1. The first-order chi connectivity index (χ1) is 21.0. The highest BCUT2D eigenvalue weighted by Crippen LogP contribution is 2.35. The maximum Gasteiger partial charge on any atom is 0.264 e. The quantitative estimate of drug-likeness (QED) is 0.177. The average molecular weight is 673 g/mol. The molecule has 0 spiro atoms. The number of sulfonamides is 1. The Morgan fingerprint density at radius 3 is 2.16 bits per heavy atom. The first-order valence-corrected chi connectivity index (χ1v) is 16.5. The van der Waals surface area contributed by atoms with Gasteiger partial charge in [0.1, 0.15) is 12.6 Å². The second-order valence-corrected chi connectivity index (χ2v) is 13.2. The topological polar surface area (TPSA) is 86.8 Å². The fraction of sp³-hybridized carbons (Fsp3) is 0.212. The van der Waals surface area contributed by atoms with Crippen LogP contribution in [-0.4, -0.2) is 44.3 Å². The van der Waals surface area contributed by atoms with Crippen molar-refractivity contribution in [3.05, 3.63) is 129 Å². The van der Waals surface area contributed by atoms with Crippen molar-refractivity contribution in [1.82, 2.24) is 10.2 Å². The number of benzene rings is 4. The molecule has 0 saturated carbocycles. The molecular weight excluding hydrogens is 641 g/mol. The van der Waals surface area contributed by atoms with Gasteiger partial charge in [0.05, 0.1) is 20.6 Å². The molecule has 4 aromatic carbocycles. The molecule has 44 heavy (non-hydrogen) atoms. The van der Waals surface area contributed by atoms with Crippen LogP contribution in [0.1, 0.15) is 23.6 Å². The lowest BCUT2D eigenvalue weighted by Gasteiger charge is -2.34. The maximum atomic E-state index is 14.4. The van der Waals surface area contributed by atoms with Crippen LogP contribution in [0.4, 0.5) is 5.69 Å². The van der Waals surface area contributed by atoms with E-state index in [2.05, 4.69) is 5.32 Å². The number of carbonyl (C=O) groups is 2. The molecule has 230 valence electrons. The first-order valence-electron chi connectivity index (χ1n) is 13.9. The minimum absolute atomic E-state index is 0.00424. The van der Waals surface area contributed by atoms with E-state index in [4.69, 9.17) is 34.8 Å². The van der Waals surface area contributed by atoms with Crippen molar-refractivity contribution in [3.63, 3.8) is 0 Å². The Morgan fingerprint density at radius 2 is 1.50 bits per heavy atom. The second kappa shape index (κ2) is 14.9. The monoisotopic (exact) mass is 671 g/mol. The van der Waals surface area contributed by atoms with E-state index in [-0.39, 0.29) is 39.5 Å². The predicted molar refractivity (Wildman–Crippen MR) is 177 cm³/mol. The van der Waals surface area contributed by atoms with Crippen LogP contribution in [0.5, 0.6) is 0 Å². The molecule has 2 amide bonds. The van der Waals surface area contributed by atoms with Crippen LogP contribution < -0.4 is 9.62 Å². The molecule has 4 aromatic rings. The van der Waals surface area contributed by atoms with Crippen LogP contribution in [0.3, 0.4) is 0 Å². The number of nitrogens with zero attached hydrogens (tertiary/aromatic N) is 2. The molecule has 0 aliphatic carbocycles. The van der Waals surface area contributed by atoms with E-state index in [1.54, 1.807) is 49.4 Å². The summed E-state index contributed by atoms with van der Waals surface area (Å²) in [5, 5.41) is 3.39. The number of amides is 2. The maximum absolute atomic E-state index is 14.4. The lowest BCUT2D eigenvalue weighted by atomic mass is 10.0. The summed E-state index contributed by atoms with van der Waals surface area (Å²) in [7, 11) is -4.31. The summed E-state index contributed by atoms with van der Waals surface area (Å²) in [5.41, 5.74) is 2.40. The number of rotatable bonds is 12. The largest absolute Gasteiger partial charge is 0.355 e. The van der Waals surface area contributed by atoms with E-state index in [0.717, 1.165) is 15.4 Å². The van der Waals surface area contributed by atoms with E-state index in [1.807, 2.05) is 37.3 Å². The number of anilines is 1. The van der Waals surface area contributed by atoms with Crippen molar-refractivity contribution in [3.8, 4) is 0 Å². The van der Waals surface area contributed by atoms with Crippen molar-refractivity contribution in [2.75, 3.05) is 17.4 Å². The number of carbonyl (C=O) groups excluding carboxylic acids is 2. The lowest BCUT2D eigenvalue weighted by molar-refractivity contribution is -0.140. The fourth-order valence-corrected chi connectivity index (χ4v) is 6.80. The number of halogens is 3. The predicted octanol–water partition coefficient (Wildman–Crippen LogP) is 6.93. The third-order valence-electron chi connectivity index (χ3n) is 6.95. The molecule has 1 N–H and O–H groups in total. The summed E-state index contributed by atoms with van der Waals surface area (Å²) in [5.74, 6) is -0.996. The summed E-state index contributed by atoms with van der Waals surface area (Å²) in [4.78, 5) is 29.3. The molecule has 4 rings (SSSR count). The van der Waals surface area contributed by atoms with Crippen molar-refractivity contribution < 1.29 is 18.0 Å². The van der Waals surface area contributed by atoms with E-state index >= 15 is 0 Å². The zero-order chi connectivity index (χ0) is 31.9. The third kappa shape index (κ3) is 8.12. The molecule has 7 nitrogen and oxygen atoms in total. The van der Waals surface area contributed by atoms with Gasteiger partial charge < -0.3 is 10.2 Å². The molecule has 0 saturated heterocycles. The lowest BCUT2D eigenvalue weighted by Crippen LogP contribution is -2.53. The highest BCUT2D eigenvalue weighted by Gasteiger charge is 2.35. The Morgan fingerprint density at radius 1 is 0.841 bits per heavy atom. The molecule has 0 radical (unpaired) electrons. The zero-order valence-electron chi connectivity index (χ0n) is 24.2. The third-order valence-corrected chi connectivity index (χ3v) is 9.77. The highest BCUT2D eigenvalue weighted by atomic mass is 35.5. The zero-order valence-corrected chi connectivity index (χ0v) is 27.3. The SMILES string of the molecule is CCNC(=O)[C@@H](Cc1ccccc1)N(Cc1cccc(Cl)c1)C(=O)CN(c1cccc(Cl)c1Cl)S(=O)(=O)c1ccc(C)cc1. The molecule has 0 bridgehead atoms. The van der Waals surface area contributed by atoms with E-state index in [0.29, 0.717) is 17.1 Å². The molecule has 11 heteroatoms. The Balaban J connectivity index is 1.83. The highest BCUT2D eigenvalue weighted by molar-refractivity contribution is 7.92. The number of nitrogens with one attached hydrogen (secondary N) is 1. The molecule has 0 aromatic heterocycles. The van der Waals surface area contributed by atoms with E-state index in [1.165, 1.54) is 29.2 Å². The van der Waals surface area contributed by atoms with E-state index < -0.39 is 28.5 Å². The first kappa shape index (κ1) is 33.3. The van der Waals surface area contributed by atoms with Gasteiger partial charge in [-0.25, -0.2) is 8.42 Å². The van der Waals surface area contributed by atoms with Crippen LogP contribution in [0.2, 0.25) is 15.1 Å². The summed E-state index contributed by atoms with van der Waals surface area (Å²) in [6, 6.07) is 26.1. The molecule has 0 heterocycles. The van der Waals surface area contributed by atoms with Gasteiger partial charge in [0, 0.05) is 24.5 Å². The Labute approximate surface area is 273 Å². The van der Waals surface area contributed by atoms with Gasteiger partial charge in [-0.1, -0.05) is 101 Å². The summed E-state index contributed by atoms with van der Waals surface area (Å²) in [6.07, 6.45) is 0.196. The van der Waals surface area contributed by atoms with Gasteiger partial charge in [-0.15, -0.1) is 0 Å². The normalized spacial score (nSPS) is 11.9. The van der Waals surface area contributed by atoms with Crippen LogP contribution in [0.25, 0.3) is 0 Å². The summed E-state index contributed by atoms with van der Waals surface area (Å²) < 4.78 is 29.2. The minimum atomic E-state index is -4.31. The van der Waals surface area contributed by atoms with Gasteiger partial charge in [0.2, 0.25) is 11.8 Å². The van der Waals surface area contributed by atoms with Crippen LogP contribution in [0, 0.1) is 6.92 Å². The molecule has 1 atom stereocenters. The van der Waals surface area contributed by atoms with Gasteiger partial charge in [-0.05, 0) is 61.4 Å². The van der Waals surface area contributed by atoms with Crippen molar-refractivity contribution in [2.24, 2.45) is 0 Å². The molecule has 0 fully saturated rings. The molecule has 0 unspecified atom stereocenters. The van der Waals surface area contributed by atoms with Crippen molar-refractivity contribution >= 4 is 62.3 Å². The van der Waals surface area contributed by atoms with Gasteiger partial charge in [-0.2, -0.15) is 0 Å². The van der Waals surface area contributed by atoms with Crippen LogP contribution >= 0.6 is 34.8 Å². The average Bonchev–Trinajstić information content (AvgIpc) is 3.00. The molecular formula is C33H32Cl3N3O4S. The second-order valence-electron chi connectivity index (χ2n) is 10.1.